The van der Waals surface area contributed by atoms with E-state index in [4.69, 9.17) is 17.3 Å². The molecule has 0 aromatic heterocycles. The van der Waals surface area contributed by atoms with Gasteiger partial charge in [0.1, 0.15) is 4.90 Å². The van der Waals surface area contributed by atoms with Gasteiger partial charge in [0.15, 0.2) is 0 Å². The summed E-state index contributed by atoms with van der Waals surface area (Å²) in [5.74, 6) is 0.409. The lowest BCUT2D eigenvalue weighted by Gasteiger charge is -2.21. The molecule has 112 valence electrons. The summed E-state index contributed by atoms with van der Waals surface area (Å²) in [6.07, 6.45) is 4.50. The first-order valence-electron chi connectivity index (χ1n) is 6.89. The van der Waals surface area contributed by atoms with Gasteiger partial charge in [0.2, 0.25) is 10.0 Å². The van der Waals surface area contributed by atoms with Gasteiger partial charge in [-0.2, -0.15) is 0 Å². The molecule has 1 unspecified atom stereocenters. The van der Waals surface area contributed by atoms with Crippen molar-refractivity contribution in [2.24, 2.45) is 5.92 Å². The van der Waals surface area contributed by atoms with Crippen molar-refractivity contribution in [3.05, 3.63) is 22.7 Å². The average molecular weight is 317 g/mol. The van der Waals surface area contributed by atoms with E-state index >= 15 is 0 Å². The molecule has 1 fully saturated rings. The second kappa shape index (κ2) is 5.92. The van der Waals surface area contributed by atoms with E-state index in [0.717, 1.165) is 18.4 Å². The first-order chi connectivity index (χ1) is 9.31. The molecule has 0 radical (unpaired) electrons. The first-order valence-corrected chi connectivity index (χ1v) is 8.75. The van der Waals surface area contributed by atoms with Gasteiger partial charge in [0.05, 0.1) is 5.02 Å². The Bertz CT molecular complexity index is 595. The molecular weight excluding hydrogens is 296 g/mol. The number of anilines is 1. The Balaban J connectivity index is 2.24. The molecule has 1 aromatic rings. The van der Waals surface area contributed by atoms with Crippen LogP contribution in [0.3, 0.4) is 0 Å². The summed E-state index contributed by atoms with van der Waals surface area (Å²) in [6, 6.07) is 2.94. The Hall–Kier alpha value is -0.780. The van der Waals surface area contributed by atoms with E-state index in [0.29, 0.717) is 11.6 Å². The summed E-state index contributed by atoms with van der Waals surface area (Å²) in [5, 5.41) is 0.211. The maximum Gasteiger partial charge on any atom is 0.242 e. The van der Waals surface area contributed by atoms with Crippen molar-refractivity contribution in [3.63, 3.8) is 0 Å². The van der Waals surface area contributed by atoms with Crippen molar-refractivity contribution in [2.45, 2.75) is 50.5 Å². The van der Waals surface area contributed by atoms with Gasteiger partial charge in [-0.3, -0.25) is 0 Å². The zero-order valence-electron chi connectivity index (χ0n) is 11.8. The Morgan fingerprint density at radius 2 is 1.95 bits per heavy atom. The molecule has 0 saturated heterocycles. The molecule has 0 spiro atoms. The maximum atomic E-state index is 12.4. The van der Waals surface area contributed by atoms with Crippen LogP contribution >= 0.6 is 11.6 Å². The smallest absolute Gasteiger partial charge is 0.242 e. The summed E-state index contributed by atoms with van der Waals surface area (Å²) in [5.41, 5.74) is 7.00. The van der Waals surface area contributed by atoms with Gasteiger partial charge >= 0.3 is 0 Å². The number of nitrogen functional groups attached to an aromatic ring is 1. The number of nitrogens with one attached hydrogen (secondary N) is 1. The fraction of sp³-hybridized carbons (Fsp3) is 0.571. The van der Waals surface area contributed by atoms with E-state index in [9.17, 15) is 8.42 Å². The Labute approximate surface area is 125 Å². The molecule has 0 amide bonds. The highest BCUT2D eigenvalue weighted by molar-refractivity contribution is 7.89. The van der Waals surface area contributed by atoms with Crippen LogP contribution in [0.4, 0.5) is 5.69 Å². The number of hydrogen-bond donors (Lipinski definition) is 2. The van der Waals surface area contributed by atoms with Crippen molar-refractivity contribution >= 4 is 27.3 Å². The Morgan fingerprint density at radius 3 is 2.55 bits per heavy atom. The van der Waals surface area contributed by atoms with Gasteiger partial charge in [-0.1, -0.05) is 24.4 Å². The topological polar surface area (TPSA) is 72.2 Å². The number of benzene rings is 1. The van der Waals surface area contributed by atoms with E-state index in [2.05, 4.69) is 4.72 Å². The quantitative estimate of drug-likeness (QED) is 0.838. The predicted octanol–water partition coefficient (Wildman–Crippen LogP) is 3.09. The highest BCUT2D eigenvalue weighted by atomic mass is 35.5. The third kappa shape index (κ3) is 3.27. The average Bonchev–Trinajstić information content (AvgIpc) is 2.86. The molecule has 4 nitrogen and oxygen atoms in total. The van der Waals surface area contributed by atoms with Gasteiger partial charge in [0.25, 0.3) is 0 Å². The molecule has 1 aromatic carbocycles. The van der Waals surface area contributed by atoms with Gasteiger partial charge in [0, 0.05) is 11.7 Å². The molecule has 1 aliphatic carbocycles. The molecule has 1 aliphatic rings. The van der Waals surface area contributed by atoms with Crippen LogP contribution < -0.4 is 10.5 Å². The number of hydrogen-bond acceptors (Lipinski definition) is 3. The van der Waals surface area contributed by atoms with Crippen LogP contribution in [0.1, 0.15) is 38.2 Å². The fourth-order valence-electron chi connectivity index (χ4n) is 2.74. The molecule has 0 bridgehead atoms. The van der Waals surface area contributed by atoms with Crippen LogP contribution in [-0.4, -0.2) is 14.5 Å². The third-order valence-electron chi connectivity index (χ3n) is 4.06. The van der Waals surface area contributed by atoms with E-state index in [1.54, 1.807) is 13.0 Å². The van der Waals surface area contributed by atoms with Crippen molar-refractivity contribution in [3.8, 4) is 0 Å². The van der Waals surface area contributed by atoms with E-state index in [1.807, 2.05) is 6.92 Å². The third-order valence-corrected chi connectivity index (χ3v) is 6.08. The molecule has 1 saturated carbocycles. The predicted molar refractivity (Wildman–Crippen MR) is 82.3 cm³/mol. The zero-order chi connectivity index (χ0) is 14.9. The van der Waals surface area contributed by atoms with Gasteiger partial charge in [-0.15, -0.1) is 0 Å². The van der Waals surface area contributed by atoms with E-state index < -0.39 is 10.0 Å². The first kappa shape index (κ1) is 15.6. The normalized spacial score (nSPS) is 18.4. The minimum absolute atomic E-state index is 0.0621. The van der Waals surface area contributed by atoms with Crippen LogP contribution in [-0.2, 0) is 10.0 Å². The highest BCUT2D eigenvalue weighted by Crippen LogP contribution is 2.30. The SMILES string of the molecule is Cc1cc(Cl)c(S(=O)(=O)NC(C)C2CCCC2)cc1N. The van der Waals surface area contributed by atoms with Crippen LogP contribution in [0, 0.1) is 12.8 Å². The minimum atomic E-state index is -3.63. The lowest BCUT2D eigenvalue weighted by molar-refractivity contribution is 0.424. The van der Waals surface area contributed by atoms with Crippen LogP contribution in [0.2, 0.25) is 5.02 Å². The molecule has 0 heterocycles. The van der Waals surface area contributed by atoms with E-state index in [-0.39, 0.29) is 16.0 Å². The van der Waals surface area contributed by atoms with Crippen LogP contribution in [0.25, 0.3) is 0 Å². The molecule has 6 heteroatoms. The molecule has 3 N–H and O–H groups in total. The summed E-state index contributed by atoms with van der Waals surface area (Å²) >= 11 is 6.05. The maximum absolute atomic E-state index is 12.4. The molecule has 2 rings (SSSR count). The molecule has 20 heavy (non-hydrogen) atoms. The van der Waals surface area contributed by atoms with E-state index in [1.165, 1.54) is 18.9 Å². The van der Waals surface area contributed by atoms with Crippen LogP contribution in [0.15, 0.2) is 17.0 Å². The summed E-state index contributed by atoms with van der Waals surface area (Å²) in [7, 11) is -3.63. The van der Waals surface area contributed by atoms with Gasteiger partial charge < -0.3 is 5.73 Å². The number of nitrogens with two attached hydrogens (primary N) is 1. The lowest BCUT2D eigenvalue weighted by atomic mass is 10.0. The Kier molecular flexibility index (Phi) is 4.62. The lowest BCUT2D eigenvalue weighted by Crippen LogP contribution is -2.37. The minimum Gasteiger partial charge on any atom is -0.398 e. The number of sulfonamides is 1. The zero-order valence-corrected chi connectivity index (χ0v) is 13.4. The second-order valence-corrected chi connectivity index (χ2v) is 7.68. The number of aryl methyl sites for hydroxylation is 1. The second-order valence-electron chi connectivity index (χ2n) is 5.59. The summed E-state index contributed by atoms with van der Waals surface area (Å²) < 4.78 is 27.6. The van der Waals surface area contributed by atoms with Gasteiger partial charge in [-0.05, 0) is 50.3 Å². The number of halogens is 1. The van der Waals surface area contributed by atoms with Crippen molar-refractivity contribution < 1.29 is 8.42 Å². The molecular formula is C14H21ClN2O2S. The standard InChI is InChI=1S/C14H21ClN2O2S/c1-9-7-12(15)14(8-13(9)16)20(18,19)17-10(2)11-5-3-4-6-11/h7-8,10-11,17H,3-6,16H2,1-2H3. The van der Waals surface area contributed by atoms with Crippen molar-refractivity contribution in [2.75, 3.05) is 5.73 Å². The fourth-order valence-corrected chi connectivity index (χ4v) is 4.67. The van der Waals surface area contributed by atoms with Crippen molar-refractivity contribution in [1.82, 2.24) is 4.72 Å². The van der Waals surface area contributed by atoms with Crippen molar-refractivity contribution in [1.29, 1.82) is 0 Å². The van der Waals surface area contributed by atoms with Gasteiger partial charge in [-0.25, -0.2) is 13.1 Å². The summed E-state index contributed by atoms with van der Waals surface area (Å²) in [4.78, 5) is 0.0621. The van der Waals surface area contributed by atoms with Crippen LogP contribution in [0.5, 0.6) is 0 Å². The molecule has 1 atom stereocenters. The number of rotatable bonds is 4. The molecule has 0 aliphatic heterocycles. The summed E-state index contributed by atoms with van der Waals surface area (Å²) in [6.45, 7) is 3.71. The monoisotopic (exact) mass is 316 g/mol. The largest absolute Gasteiger partial charge is 0.398 e. The Morgan fingerprint density at radius 1 is 1.35 bits per heavy atom. The highest BCUT2D eigenvalue weighted by Gasteiger charge is 2.27.